The average Bonchev–Trinajstić information content (AvgIpc) is 3.11. The molecule has 1 fully saturated rings. The van der Waals surface area contributed by atoms with Gasteiger partial charge in [-0.2, -0.15) is 0 Å². The van der Waals surface area contributed by atoms with Gasteiger partial charge in [-0.05, 0) is 31.2 Å². The summed E-state index contributed by atoms with van der Waals surface area (Å²) < 4.78 is 85.0. The van der Waals surface area contributed by atoms with Gasteiger partial charge >= 0.3 is 12.4 Å². The standard InChI is InChI=1S/C17H16F6N4O3/c1-8-12(30-17(21,22)23)7-27(8)15(28)11(6-13(19)20)24-16-26-25-14(29-16)9-2-4-10(18)5-3-9/h2-5,8,11-13H,6-7H2,1H3,(H,24,26)/t8-,11-,12-/m0/s1. The first-order valence-electron chi connectivity index (χ1n) is 8.72. The molecule has 30 heavy (non-hydrogen) atoms. The van der Waals surface area contributed by atoms with Crippen molar-refractivity contribution in [3.8, 4) is 11.5 Å². The van der Waals surface area contributed by atoms with Crippen LogP contribution in [0.1, 0.15) is 13.3 Å². The number of anilines is 1. The van der Waals surface area contributed by atoms with Crippen LogP contribution >= 0.6 is 0 Å². The van der Waals surface area contributed by atoms with Gasteiger partial charge < -0.3 is 14.6 Å². The molecule has 3 rings (SSSR count). The number of nitrogens with one attached hydrogen (secondary N) is 1. The molecular formula is C17H16F6N4O3. The smallest absolute Gasteiger partial charge is 0.403 e. The highest BCUT2D eigenvalue weighted by Crippen LogP contribution is 2.30. The van der Waals surface area contributed by atoms with Crippen molar-refractivity contribution in [2.75, 3.05) is 11.9 Å². The molecule has 1 aromatic carbocycles. The van der Waals surface area contributed by atoms with Gasteiger partial charge in [-0.1, -0.05) is 5.10 Å². The summed E-state index contributed by atoms with van der Waals surface area (Å²) in [6.45, 7) is 0.919. The SMILES string of the molecule is C[C@H]1[C@@H](OC(F)(F)F)CN1C(=O)[C@H](CC(F)F)Nc1nnc(-c2ccc(F)cc2)o1. The normalized spacial score (nSPS) is 20.2. The van der Waals surface area contributed by atoms with Gasteiger partial charge in [0.25, 0.3) is 0 Å². The molecule has 1 amide bonds. The third-order valence-corrected chi connectivity index (χ3v) is 4.50. The maximum atomic E-state index is 13.0. The maximum Gasteiger partial charge on any atom is 0.522 e. The van der Waals surface area contributed by atoms with Gasteiger partial charge in [0.05, 0.1) is 6.04 Å². The van der Waals surface area contributed by atoms with E-state index in [0.717, 1.165) is 17.0 Å². The van der Waals surface area contributed by atoms with E-state index in [1.54, 1.807) is 0 Å². The summed E-state index contributed by atoms with van der Waals surface area (Å²) in [5.41, 5.74) is 0.359. The summed E-state index contributed by atoms with van der Waals surface area (Å²) in [5.74, 6) is -1.39. The Morgan fingerprint density at radius 1 is 1.30 bits per heavy atom. The topological polar surface area (TPSA) is 80.5 Å². The molecule has 0 saturated carbocycles. The second-order valence-electron chi connectivity index (χ2n) is 6.58. The largest absolute Gasteiger partial charge is 0.522 e. The molecule has 2 aromatic rings. The van der Waals surface area contributed by atoms with Crippen LogP contribution in [0.15, 0.2) is 28.7 Å². The highest BCUT2D eigenvalue weighted by atomic mass is 19.4. The van der Waals surface area contributed by atoms with Gasteiger partial charge in [0.15, 0.2) is 0 Å². The van der Waals surface area contributed by atoms with Crippen molar-refractivity contribution >= 4 is 11.9 Å². The van der Waals surface area contributed by atoms with Crippen molar-refractivity contribution in [3.05, 3.63) is 30.1 Å². The molecule has 1 saturated heterocycles. The van der Waals surface area contributed by atoms with Crippen LogP contribution in [0, 0.1) is 5.82 Å². The molecule has 0 unspecified atom stereocenters. The molecular weight excluding hydrogens is 422 g/mol. The molecule has 3 atom stereocenters. The van der Waals surface area contributed by atoms with Gasteiger partial charge in [0, 0.05) is 18.5 Å². The minimum Gasteiger partial charge on any atom is -0.403 e. The lowest BCUT2D eigenvalue weighted by Gasteiger charge is -2.46. The van der Waals surface area contributed by atoms with Crippen molar-refractivity contribution in [3.63, 3.8) is 0 Å². The number of carbonyl (C=O) groups is 1. The fraction of sp³-hybridized carbons (Fsp3) is 0.471. The number of halogens is 6. The molecule has 1 N–H and O–H groups in total. The predicted molar refractivity (Wildman–Crippen MR) is 89.8 cm³/mol. The van der Waals surface area contributed by atoms with Crippen LogP contribution in [0.4, 0.5) is 32.4 Å². The highest BCUT2D eigenvalue weighted by Gasteiger charge is 2.47. The summed E-state index contributed by atoms with van der Waals surface area (Å²) >= 11 is 0. The summed E-state index contributed by atoms with van der Waals surface area (Å²) in [6, 6.07) is 2.21. The summed E-state index contributed by atoms with van der Waals surface area (Å²) in [6.07, 6.45) is -9.96. The third kappa shape index (κ3) is 5.20. The van der Waals surface area contributed by atoms with Crippen molar-refractivity contribution in [1.82, 2.24) is 15.1 Å². The Balaban J connectivity index is 1.68. The minimum absolute atomic E-state index is 0.0447. The van der Waals surface area contributed by atoms with E-state index in [1.165, 1.54) is 19.1 Å². The van der Waals surface area contributed by atoms with Gasteiger partial charge in [-0.25, -0.2) is 13.2 Å². The van der Waals surface area contributed by atoms with E-state index in [2.05, 4.69) is 20.3 Å². The Morgan fingerprint density at radius 2 is 1.97 bits per heavy atom. The number of nitrogens with zero attached hydrogens (tertiary/aromatic N) is 3. The molecule has 1 aromatic heterocycles. The summed E-state index contributed by atoms with van der Waals surface area (Å²) in [5, 5.41) is 9.71. The minimum atomic E-state index is -4.87. The molecule has 2 heterocycles. The van der Waals surface area contributed by atoms with E-state index in [-0.39, 0.29) is 11.9 Å². The molecule has 0 radical (unpaired) electrons. The fourth-order valence-electron chi connectivity index (χ4n) is 2.91. The number of carbonyl (C=O) groups excluding carboxylic acids is 1. The predicted octanol–water partition coefficient (Wildman–Crippen LogP) is 3.45. The lowest BCUT2D eigenvalue weighted by atomic mass is 9.98. The molecule has 0 spiro atoms. The molecule has 164 valence electrons. The Hall–Kier alpha value is -2.83. The average molecular weight is 438 g/mol. The Kier molecular flexibility index (Phi) is 6.19. The first kappa shape index (κ1) is 21.9. The summed E-state index contributed by atoms with van der Waals surface area (Å²) in [4.78, 5) is 13.6. The van der Waals surface area contributed by atoms with Gasteiger partial charge in [0.1, 0.15) is 18.0 Å². The van der Waals surface area contributed by atoms with E-state index in [9.17, 15) is 31.1 Å². The van der Waals surface area contributed by atoms with Gasteiger partial charge in [-0.15, -0.1) is 18.3 Å². The van der Waals surface area contributed by atoms with E-state index in [4.69, 9.17) is 4.42 Å². The van der Waals surface area contributed by atoms with E-state index >= 15 is 0 Å². The number of ether oxygens (including phenoxy) is 1. The Morgan fingerprint density at radius 3 is 2.53 bits per heavy atom. The molecule has 1 aliphatic rings. The first-order valence-corrected chi connectivity index (χ1v) is 8.72. The van der Waals surface area contributed by atoms with Crippen LogP contribution in [0.25, 0.3) is 11.5 Å². The second-order valence-corrected chi connectivity index (χ2v) is 6.58. The monoisotopic (exact) mass is 438 g/mol. The lowest BCUT2D eigenvalue weighted by Crippen LogP contribution is -2.65. The summed E-state index contributed by atoms with van der Waals surface area (Å²) in [7, 11) is 0. The van der Waals surface area contributed by atoms with Crippen LogP contribution < -0.4 is 5.32 Å². The van der Waals surface area contributed by atoms with Crippen molar-refractivity contribution < 1.29 is 40.3 Å². The molecule has 13 heteroatoms. The second kappa shape index (κ2) is 8.50. The quantitative estimate of drug-likeness (QED) is 0.668. The van der Waals surface area contributed by atoms with E-state index < -0.39 is 55.7 Å². The van der Waals surface area contributed by atoms with E-state index in [1.807, 2.05) is 0 Å². The Labute approximate surface area is 166 Å². The number of likely N-dealkylation sites (tertiary alicyclic amines) is 1. The first-order chi connectivity index (χ1) is 14.0. The number of rotatable bonds is 7. The van der Waals surface area contributed by atoms with Crippen molar-refractivity contribution in [2.45, 2.75) is 44.3 Å². The van der Waals surface area contributed by atoms with Crippen LogP contribution in [-0.2, 0) is 9.53 Å². The zero-order chi connectivity index (χ0) is 22.1. The number of benzene rings is 1. The zero-order valence-electron chi connectivity index (χ0n) is 15.4. The fourth-order valence-corrected chi connectivity index (χ4v) is 2.91. The zero-order valence-corrected chi connectivity index (χ0v) is 15.4. The maximum absolute atomic E-state index is 13.0. The molecule has 7 nitrogen and oxygen atoms in total. The Bertz CT molecular complexity index is 873. The van der Waals surface area contributed by atoms with Crippen molar-refractivity contribution in [2.24, 2.45) is 0 Å². The van der Waals surface area contributed by atoms with Crippen LogP contribution in [0.2, 0.25) is 0 Å². The number of alkyl halides is 5. The van der Waals surface area contributed by atoms with Crippen LogP contribution in [0.3, 0.4) is 0 Å². The van der Waals surface area contributed by atoms with E-state index in [0.29, 0.717) is 5.56 Å². The van der Waals surface area contributed by atoms with Gasteiger partial charge in [-0.3, -0.25) is 9.53 Å². The highest BCUT2D eigenvalue weighted by molar-refractivity contribution is 5.85. The van der Waals surface area contributed by atoms with Gasteiger partial charge in [0.2, 0.25) is 18.2 Å². The molecule has 1 aliphatic heterocycles. The van der Waals surface area contributed by atoms with Crippen molar-refractivity contribution in [1.29, 1.82) is 0 Å². The molecule has 0 bridgehead atoms. The lowest BCUT2D eigenvalue weighted by molar-refractivity contribution is -0.359. The number of hydrogen-bond donors (Lipinski definition) is 1. The number of amides is 1. The van der Waals surface area contributed by atoms with Crippen LogP contribution in [-0.4, -0.2) is 58.5 Å². The number of hydrogen-bond acceptors (Lipinski definition) is 6. The van der Waals surface area contributed by atoms with Crippen LogP contribution in [0.5, 0.6) is 0 Å². The third-order valence-electron chi connectivity index (χ3n) is 4.50. The number of aromatic nitrogens is 2. The molecule has 0 aliphatic carbocycles.